The first-order chi connectivity index (χ1) is 9.22. The molecule has 1 unspecified atom stereocenters. The molecular weight excluding hydrogens is 259 g/mol. The smallest absolute Gasteiger partial charge is 0.123 e. The van der Waals surface area contributed by atoms with Gasteiger partial charge in [-0.25, -0.2) is 9.37 Å². The number of hydrogen-bond acceptors (Lipinski definition) is 3. The Bertz CT molecular complexity index is 524. The van der Waals surface area contributed by atoms with Gasteiger partial charge in [-0.05, 0) is 30.5 Å². The van der Waals surface area contributed by atoms with Gasteiger partial charge in [0.2, 0.25) is 0 Å². The van der Waals surface area contributed by atoms with E-state index in [1.807, 2.05) is 12.3 Å². The van der Waals surface area contributed by atoms with E-state index in [0.717, 1.165) is 30.0 Å². The Balaban J connectivity index is 1.99. The molecule has 102 valence electrons. The second-order valence-electron chi connectivity index (χ2n) is 4.47. The Kier molecular flexibility index (Phi) is 5.05. The van der Waals surface area contributed by atoms with Crippen LogP contribution in [0.2, 0.25) is 0 Å². The van der Waals surface area contributed by atoms with Crippen molar-refractivity contribution in [2.24, 2.45) is 0 Å². The summed E-state index contributed by atoms with van der Waals surface area (Å²) in [5.41, 5.74) is 0.995. The van der Waals surface area contributed by atoms with Crippen LogP contribution in [-0.2, 0) is 13.0 Å². The van der Waals surface area contributed by atoms with Crippen molar-refractivity contribution < 1.29 is 4.39 Å². The van der Waals surface area contributed by atoms with Crippen molar-refractivity contribution in [2.75, 3.05) is 0 Å². The van der Waals surface area contributed by atoms with E-state index in [0.29, 0.717) is 0 Å². The SMILES string of the molecule is CCc1cnc(CNC(CC)c2cccc(F)c2)s1. The maximum Gasteiger partial charge on any atom is 0.123 e. The Morgan fingerprint density at radius 3 is 2.84 bits per heavy atom. The maximum absolute atomic E-state index is 13.2. The lowest BCUT2D eigenvalue weighted by atomic mass is 10.0. The second kappa shape index (κ2) is 6.78. The summed E-state index contributed by atoms with van der Waals surface area (Å²) in [6.07, 6.45) is 3.89. The van der Waals surface area contributed by atoms with Crippen molar-refractivity contribution in [3.63, 3.8) is 0 Å². The Hall–Kier alpha value is -1.26. The summed E-state index contributed by atoms with van der Waals surface area (Å²) in [5, 5.41) is 4.54. The predicted molar refractivity (Wildman–Crippen MR) is 77.8 cm³/mol. The molecule has 0 fully saturated rings. The van der Waals surface area contributed by atoms with E-state index in [-0.39, 0.29) is 11.9 Å². The zero-order valence-corrected chi connectivity index (χ0v) is 12.1. The highest BCUT2D eigenvalue weighted by Gasteiger charge is 2.10. The van der Waals surface area contributed by atoms with Crippen molar-refractivity contribution in [1.82, 2.24) is 10.3 Å². The lowest BCUT2D eigenvalue weighted by molar-refractivity contribution is 0.513. The highest BCUT2D eigenvalue weighted by atomic mass is 32.1. The van der Waals surface area contributed by atoms with Crippen LogP contribution in [0.4, 0.5) is 4.39 Å². The van der Waals surface area contributed by atoms with Crippen molar-refractivity contribution in [3.8, 4) is 0 Å². The van der Waals surface area contributed by atoms with Crippen molar-refractivity contribution in [1.29, 1.82) is 0 Å². The van der Waals surface area contributed by atoms with E-state index in [1.165, 1.54) is 10.9 Å². The molecule has 0 bridgehead atoms. The molecule has 0 amide bonds. The van der Waals surface area contributed by atoms with E-state index in [4.69, 9.17) is 0 Å². The lowest BCUT2D eigenvalue weighted by Gasteiger charge is -2.16. The minimum absolute atomic E-state index is 0.171. The number of hydrogen-bond donors (Lipinski definition) is 1. The zero-order chi connectivity index (χ0) is 13.7. The molecule has 2 nitrogen and oxygen atoms in total. The molecule has 0 aliphatic rings. The van der Waals surface area contributed by atoms with Gasteiger partial charge in [0, 0.05) is 23.7 Å². The molecule has 1 aromatic carbocycles. The van der Waals surface area contributed by atoms with Gasteiger partial charge in [0.1, 0.15) is 10.8 Å². The molecule has 0 saturated heterocycles. The Morgan fingerprint density at radius 2 is 2.21 bits per heavy atom. The quantitative estimate of drug-likeness (QED) is 0.861. The van der Waals surface area contributed by atoms with Crippen LogP contribution in [0.3, 0.4) is 0 Å². The van der Waals surface area contributed by atoms with Crippen LogP contribution in [-0.4, -0.2) is 4.98 Å². The zero-order valence-electron chi connectivity index (χ0n) is 11.3. The molecule has 19 heavy (non-hydrogen) atoms. The third-order valence-corrected chi connectivity index (χ3v) is 4.25. The van der Waals surface area contributed by atoms with Crippen LogP contribution < -0.4 is 5.32 Å². The molecule has 1 aromatic heterocycles. The van der Waals surface area contributed by atoms with Crippen molar-refractivity contribution in [2.45, 2.75) is 39.3 Å². The fourth-order valence-electron chi connectivity index (χ4n) is 2.02. The van der Waals surface area contributed by atoms with Gasteiger partial charge in [0.15, 0.2) is 0 Å². The van der Waals surface area contributed by atoms with Crippen LogP contribution >= 0.6 is 11.3 Å². The summed E-state index contributed by atoms with van der Waals surface area (Å²) in [4.78, 5) is 5.69. The molecule has 2 aromatic rings. The minimum atomic E-state index is -0.180. The van der Waals surface area contributed by atoms with E-state index < -0.39 is 0 Å². The first kappa shape index (κ1) is 14.2. The number of aryl methyl sites for hydroxylation is 1. The van der Waals surface area contributed by atoms with Crippen molar-refractivity contribution >= 4 is 11.3 Å². The predicted octanol–water partition coefficient (Wildman–Crippen LogP) is 4.09. The Morgan fingerprint density at radius 1 is 1.37 bits per heavy atom. The van der Waals surface area contributed by atoms with E-state index in [2.05, 4.69) is 24.1 Å². The monoisotopic (exact) mass is 278 g/mol. The number of halogens is 1. The lowest BCUT2D eigenvalue weighted by Crippen LogP contribution is -2.20. The molecule has 0 aliphatic heterocycles. The number of nitrogens with one attached hydrogen (secondary N) is 1. The average molecular weight is 278 g/mol. The third-order valence-electron chi connectivity index (χ3n) is 3.11. The summed E-state index contributed by atoms with van der Waals surface area (Å²) < 4.78 is 13.2. The summed E-state index contributed by atoms with van der Waals surface area (Å²) in [6, 6.07) is 6.96. The highest BCUT2D eigenvalue weighted by Crippen LogP contribution is 2.19. The molecule has 0 saturated carbocycles. The fourth-order valence-corrected chi connectivity index (χ4v) is 2.84. The number of nitrogens with zero attached hydrogens (tertiary/aromatic N) is 1. The van der Waals surface area contributed by atoms with Crippen LogP contribution in [0, 0.1) is 5.82 Å². The van der Waals surface area contributed by atoms with Crippen molar-refractivity contribution in [3.05, 3.63) is 51.7 Å². The largest absolute Gasteiger partial charge is 0.304 e. The summed E-state index contributed by atoms with van der Waals surface area (Å²) in [5.74, 6) is -0.180. The second-order valence-corrected chi connectivity index (χ2v) is 5.67. The molecule has 0 radical (unpaired) electrons. The first-order valence-corrected chi connectivity index (χ1v) is 7.47. The topological polar surface area (TPSA) is 24.9 Å². The molecule has 2 rings (SSSR count). The number of aromatic nitrogens is 1. The van der Waals surface area contributed by atoms with E-state index in [1.54, 1.807) is 23.5 Å². The molecule has 1 N–H and O–H groups in total. The molecule has 0 spiro atoms. The number of benzene rings is 1. The van der Waals surface area contributed by atoms with Gasteiger partial charge in [-0.15, -0.1) is 11.3 Å². The molecular formula is C15H19FN2S. The number of rotatable bonds is 6. The molecule has 1 atom stereocenters. The summed E-state index contributed by atoms with van der Waals surface area (Å²) in [7, 11) is 0. The average Bonchev–Trinajstić information content (AvgIpc) is 2.87. The summed E-state index contributed by atoms with van der Waals surface area (Å²) >= 11 is 1.74. The van der Waals surface area contributed by atoms with Gasteiger partial charge in [-0.3, -0.25) is 0 Å². The fraction of sp³-hybridized carbons (Fsp3) is 0.400. The van der Waals surface area contributed by atoms with E-state index >= 15 is 0 Å². The van der Waals surface area contributed by atoms with E-state index in [9.17, 15) is 4.39 Å². The highest BCUT2D eigenvalue weighted by molar-refractivity contribution is 7.11. The van der Waals surface area contributed by atoms with Gasteiger partial charge < -0.3 is 5.32 Å². The van der Waals surface area contributed by atoms with Crippen LogP contribution in [0.15, 0.2) is 30.5 Å². The third kappa shape index (κ3) is 3.85. The summed E-state index contributed by atoms with van der Waals surface area (Å²) in [6.45, 7) is 4.97. The standard InChI is InChI=1S/C15H19FN2S/c1-3-13-9-18-15(19-13)10-17-14(4-2)11-6-5-7-12(16)8-11/h5-9,14,17H,3-4,10H2,1-2H3. The molecule has 4 heteroatoms. The van der Waals surface area contributed by atoms with Gasteiger partial charge in [0.05, 0.1) is 0 Å². The first-order valence-electron chi connectivity index (χ1n) is 6.65. The maximum atomic E-state index is 13.2. The van der Waals surface area contributed by atoms with Gasteiger partial charge >= 0.3 is 0 Å². The van der Waals surface area contributed by atoms with Crippen LogP contribution in [0.1, 0.15) is 41.8 Å². The normalized spacial score (nSPS) is 12.6. The molecule has 0 aliphatic carbocycles. The van der Waals surface area contributed by atoms with Crippen LogP contribution in [0.5, 0.6) is 0 Å². The van der Waals surface area contributed by atoms with Gasteiger partial charge in [-0.2, -0.15) is 0 Å². The van der Waals surface area contributed by atoms with Gasteiger partial charge in [-0.1, -0.05) is 26.0 Å². The molecule has 1 heterocycles. The Labute approximate surface area is 117 Å². The minimum Gasteiger partial charge on any atom is -0.304 e. The van der Waals surface area contributed by atoms with Crippen LogP contribution in [0.25, 0.3) is 0 Å². The number of thiazole rings is 1. The van der Waals surface area contributed by atoms with Gasteiger partial charge in [0.25, 0.3) is 0 Å².